The zero-order valence-electron chi connectivity index (χ0n) is 8.94. The van der Waals surface area contributed by atoms with Crippen molar-refractivity contribution in [3.63, 3.8) is 0 Å². The topological polar surface area (TPSA) is 17.1 Å². The van der Waals surface area contributed by atoms with E-state index in [1.807, 2.05) is 0 Å². The highest BCUT2D eigenvalue weighted by Crippen LogP contribution is 1.96. The predicted octanol–water partition coefficient (Wildman–Crippen LogP) is 2.94. The van der Waals surface area contributed by atoms with Crippen molar-refractivity contribution in [2.75, 3.05) is 0 Å². The molecule has 0 aromatic heterocycles. The van der Waals surface area contributed by atoms with E-state index in [0.717, 1.165) is 12.7 Å². The van der Waals surface area contributed by atoms with Gasteiger partial charge in [0.1, 0.15) is 6.29 Å². The molecule has 0 spiro atoms. The third-order valence-electron chi connectivity index (χ3n) is 1.72. The lowest BCUT2D eigenvalue weighted by Gasteiger charge is -1.87. The standard InChI is InChI=1S/C13H18O/c1-2-3-4-5-6-7-8-9-10-11-12-13-14/h13H,2-5,8,11-12H2,1H3. The second-order valence-corrected chi connectivity index (χ2v) is 3.05. The van der Waals surface area contributed by atoms with Gasteiger partial charge >= 0.3 is 0 Å². The number of unbranched alkanes of at least 4 members (excludes halogenated alkanes) is 4. The van der Waals surface area contributed by atoms with Gasteiger partial charge in [-0.3, -0.25) is 0 Å². The Balaban J connectivity index is 3.30. The maximum atomic E-state index is 9.94. The minimum absolute atomic E-state index is 0.539. The maximum absolute atomic E-state index is 9.94. The molecule has 76 valence electrons. The molecule has 0 N–H and O–H groups in total. The zero-order valence-corrected chi connectivity index (χ0v) is 8.94. The number of carbonyl (C=O) groups excluding carboxylic acids is 1. The monoisotopic (exact) mass is 190 g/mol. The van der Waals surface area contributed by atoms with Crippen LogP contribution in [0.2, 0.25) is 0 Å². The van der Waals surface area contributed by atoms with E-state index in [1.54, 1.807) is 0 Å². The second kappa shape index (κ2) is 11.8. The molecular formula is C13H18O. The fraction of sp³-hybridized carbons (Fsp3) is 0.615. The van der Waals surface area contributed by atoms with Crippen LogP contribution in [0, 0.1) is 23.7 Å². The Labute approximate surface area is 87.3 Å². The van der Waals surface area contributed by atoms with E-state index in [9.17, 15) is 4.79 Å². The number of aldehydes is 1. The van der Waals surface area contributed by atoms with E-state index < -0.39 is 0 Å². The van der Waals surface area contributed by atoms with E-state index in [0.29, 0.717) is 19.3 Å². The average Bonchev–Trinajstić information content (AvgIpc) is 2.21. The van der Waals surface area contributed by atoms with Gasteiger partial charge in [0.05, 0.1) is 6.42 Å². The number of hydrogen-bond donors (Lipinski definition) is 0. The van der Waals surface area contributed by atoms with Crippen molar-refractivity contribution in [1.29, 1.82) is 0 Å². The van der Waals surface area contributed by atoms with Crippen LogP contribution in [0.15, 0.2) is 0 Å². The summed E-state index contributed by atoms with van der Waals surface area (Å²) < 4.78 is 0. The predicted molar refractivity (Wildman–Crippen MR) is 59.6 cm³/mol. The second-order valence-electron chi connectivity index (χ2n) is 3.05. The Hall–Kier alpha value is -1.21. The van der Waals surface area contributed by atoms with Crippen LogP contribution in [-0.2, 0) is 4.79 Å². The highest BCUT2D eigenvalue weighted by molar-refractivity contribution is 5.49. The fourth-order valence-electron chi connectivity index (χ4n) is 0.940. The Morgan fingerprint density at radius 1 is 1.00 bits per heavy atom. The summed E-state index contributed by atoms with van der Waals surface area (Å²) in [6.45, 7) is 2.19. The van der Waals surface area contributed by atoms with Crippen LogP contribution in [-0.4, -0.2) is 6.29 Å². The van der Waals surface area contributed by atoms with Crippen LogP contribution in [0.4, 0.5) is 0 Å². The first kappa shape index (κ1) is 12.8. The van der Waals surface area contributed by atoms with Gasteiger partial charge in [-0.1, -0.05) is 31.6 Å². The molecule has 0 aromatic rings. The third kappa shape index (κ3) is 10.8. The first-order valence-electron chi connectivity index (χ1n) is 5.27. The Bertz CT molecular complexity index is 244. The van der Waals surface area contributed by atoms with Crippen molar-refractivity contribution in [3.05, 3.63) is 0 Å². The van der Waals surface area contributed by atoms with E-state index in [1.165, 1.54) is 19.3 Å². The van der Waals surface area contributed by atoms with Crippen molar-refractivity contribution in [3.8, 4) is 23.7 Å². The lowest BCUT2D eigenvalue weighted by molar-refractivity contribution is -0.107. The summed E-state index contributed by atoms with van der Waals surface area (Å²) in [5.74, 6) is 11.9. The average molecular weight is 190 g/mol. The summed E-state index contributed by atoms with van der Waals surface area (Å²) in [5, 5.41) is 0. The molecule has 0 aliphatic carbocycles. The highest BCUT2D eigenvalue weighted by Gasteiger charge is 1.79. The number of carbonyl (C=O) groups is 1. The minimum Gasteiger partial charge on any atom is -0.303 e. The van der Waals surface area contributed by atoms with E-state index in [2.05, 4.69) is 30.6 Å². The van der Waals surface area contributed by atoms with Crippen LogP contribution in [0.25, 0.3) is 0 Å². The molecular weight excluding hydrogens is 172 g/mol. The van der Waals surface area contributed by atoms with Gasteiger partial charge in [-0.2, -0.15) is 0 Å². The van der Waals surface area contributed by atoms with Gasteiger partial charge in [0, 0.05) is 19.3 Å². The Morgan fingerprint density at radius 2 is 1.71 bits per heavy atom. The quantitative estimate of drug-likeness (QED) is 0.370. The summed E-state index contributed by atoms with van der Waals surface area (Å²) in [4.78, 5) is 9.94. The van der Waals surface area contributed by atoms with Crippen molar-refractivity contribution in [1.82, 2.24) is 0 Å². The zero-order chi connectivity index (χ0) is 10.5. The van der Waals surface area contributed by atoms with Gasteiger partial charge in [0.15, 0.2) is 0 Å². The summed E-state index contributed by atoms with van der Waals surface area (Å²) in [6.07, 6.45) is 7.44. The maximum Gasteiger partial charge on any atom is 0.120 e. The van der Waals surface area contributed by atoms with E-state index in [4.69, 9.17) is 0 Å². The largest absolute Gasteiger partial charge is 0.303 e. The van der Waals surface area contributed by atoms with Crippen LogP contribution < -0.4 is 0 Å². The lowest BCUT2D eigenvalue weighted by atomic mass is 10.2. The third-order valence-corrected chi connectivity index (χ3v) is 1.72. The molecule has 0 fully saturated rings. The molecule has 1 nitrogen and oxygen atoms in total. The molecule has 0 saturated carbocycles. The molecule has 0 aliphatic rings. The van der Waals surface area contributed by atoms with Crippen molar-refractivity contribution in [2.24, 2.45) is 0 Å². The molecule has 0 aliphatic heterocycles. The van der Waals surface area contributed by atoms with Gasteiger partial charge in [-0.25, -0.2) is 0 Å². The summed E-state index contributed by atoms with van der Waals surface area (Å²) in [7, 11) is 0. The molecule has 0 saturated heterocycles. The lowest BCUT2D eigenvalue weighted by Crippen LogP contribution is -1.72. The number of rotatable bonds is 5. The molecule has 0 heterocycles. The molecule has 0 atom stereocenters. The molecule has 0 amide bonds. The Kier molecular flexibility index (Phi) is 10.8. The van der Waals surface area contributed by atoms with Gasteiger partial charge in [0.25, 0.3) is 0 Å². The Morgan fingerprint density at radius 3 is 2.36 bits per heavy atom. The van der Waals surface area contributed by atoms with E-state index in [-0.39, 0.29) is 0 Å². The van der Waals surface area contributed by atoms with Crippen LogP contribution >= 0.6 is 0 Å². The van der Waals surface area contributed by atoms with Crippen molar-refractivity contribution >= 4 is 6.29 Å². The van der Waals surface area contributed by atoms with E-state index >= 15 is 0 Å². The first-order chi connectivity index (χ1) is 6.91. The molecule has 1 heteroatoms. The van der Waals surface area contributed by atoms with Crippen LogP contribution in [0.3, 0.4) is 0 Å². The molecule has 0 rings (SSSR count). The summed E-state index contributed by atoms with van der Waals surface area (Å²) >= 11 is 0. The van der Waals surface area contributed by atoms with Crippen LogP contribution in [0.1, 0.15) is 51.9 Å². The van der Waals surface area contributed by atoms with Crippen molar-refractivity contribution in [2.45, 2.75) is 51.9 Å². The highest BCUT2D eigenvalue weighted by atomic mass is 16.1. The summed E-state index contributed by atoms with van der Waals surface area (Å²) in [5.41, 5.74) is 0. The number of hydrogen-bond acceptors (Lipinski definition) is 1. The van der Waals surface area contributed by atoms with Crippen molar-refractivity contribution < 1.29 is 4.79 Å². The molecule has 0 bridgehead atoms. The van der Waals surface area contributed by atoms with Gasteiger partial charge < -0.3 is 4.79 Å². The SMILES string of the molecule is CCCCCC#CCC#CCCC=O. The first-order valence-corrected chi connectivity index (χ1v) is 5.27. The fourth-order valence-corrected chi connectivity index (χ4v) is 0.940. The van der Waals surface area contributed by atoms with Crippen LogP contribution in [0.5, 0.6) is 0 Å². The van der Waals surface area contributed by atoms with Gasteiger partial charge in [-0.15, -0.1) is 11.8 Å². The van der Waals surface area contributed by atoms with Gasteiger partial charge in [-0.05, 0) is 6.42 Å². The van der Waals surface area contributed by atoms with Gasteiger partial charge in [0.2, 0.25) is 0 Å². The molecule has 0 radical (unpaired) electrons. The molecule has 0 unspecified atom stereocenters. The summed E-state index contributed by atoms with van der Waals surface area (Å²) in [6, 6.07) is 0. The molecule has 0 aromatic carbocycles. The smallest absolute Gasteiger partial charge is 0.120 e. The minimum atomic E-state index is 0.539. The molecule has 14 heavy (non-hydrogen) atoms. The normalized spacial score (nSPS) is 8.07.